The molecule has 110 valence electrons. The fraction of sp³-hybridized carbons (Fsp3) is 0.235. The maximum atomic E-state index is 11.9. The summed E-state index contributed by atoms with van der Waals surface area (Å²) in [6, 6.07) is 13.2. The minimum atomic E-state index is -0.234. The van der Waals surface area contributed by atoms with Crippen LogP contribution in [0.25, 0.3) is 0 Å². The van der Waals surface area contributed by atoms with Crippen molar-refractivity contribution in [1.82, 2.24) is 0 Å². The molecule has 0 aliphatic carbocycles. The summed E-state index contributed by atoms with van der Waals surface area (Å²) < 4.78 is 5.45. The Hall–Kier alpha value is -2.00. The third-order valence-corrected chi connectivity index (χ3v) is 3.43. The summed E-state index contributed by atoms with van der Waals surface area (Å²) in [4.78, 5) is 11.9. The minimum absolute atomic E-state index is 0.0459. The van der Waals surface area contributed by atoms with E-state index in [-0.39, 0.29) is 12.5 Å². The van der Waals surface area contributed by atoms with E-state index < -0.39 is 0 Å². The van der Waals surface area contributed by atoms with Crippen LogP contribution in [0.3, 0.4) is 0 Å². The van der Waals surface area contributed by atoms with Crippen molar-refractivity contribution >= 4 is 23.2 Å². The first-order valence-corrected chi connectivity index (χ1v) is 7.24. The standard InChI is InChI=1S/C17H18ClNO2/c1-3-13-5-7-14(8-6-13)21-11-17(20)19-16-10-12(2)4-9-15(16)18/h4-10H,3,11H2,1-2H3,(H,19,20). The number of aryl methyl sites for hydroxylation is 2. The van der Waals surface area contributed by atoms with Gasteiger partial charge in [0, 0.05) is 0 Å². The summed E-state index contributed by atoms with van der Waals surface area (Å²) in [6.45, 7) is 3.99. The van der Waals surface area contributed by atoms with Gasteiger partial charge in [-0.1, -0.05) is 36.7 Å². The Balaban J connectivity index is 1.91. The van der Waals surface area contributed by atoms with Crippen LogP contribution in [0.2, 0.25) is 5.02 Å². The topological polar surface area (TPSA) is 38.3 Å². The van der Waals surface area contributed by atoms with Crippen molar-refractivity contribution in [1.29, 1.82) is 0 Å². The molecule has 1 N–H and O–H groups in total. The average molecular weight is 304 g/mol. The Morgan fingerprint density at radius 3 is 2.57 bits per heavy atom. The van der Waals surface area contributed by atoms with Gasteiger partial charge in [-0.15, -0.1) is 0 Å². The van der Waals surface area contributed by atoms with Gasteiger partial charge in [-0.2, -0.15) is 0 Å². The molecule has 2 aromatic rings. The van der Waals surface area contributed by atoms with Crippen LogP contribution in [0.4, 0.5) is 5.69 Å². The third-order valence-electron chi connectivity index (χ3n) is 3.10. The fourth-order valence-electron chi connectivity index (χ4n) is 1.89. The molecule has 0 aliphatic rings. The van der Waals surface area contributed by atoms with E-state index in [0.29, 0.717) is 16.5 Å². The van der Waals surface area contributed by atoms with E-state index in [1.807, 2.05) is 43.3 Å². The molecule has 0 bridgehead atoms. The highest BCUT2D eigenvalue weighted by molar-refractivity contribution is 6.33. The number of hydrogen-bond donors (Lipinski definition) is 1. The number of halogens is 1. The van der Waals surface area contributed by atoms with Crippen LogP contribution < -0.4 is 10.1 Å². The molecule has 0 aliphatic heterocycles. The van der Waals surface area contributed by atoms with Gasteiger partial charge in [-0.3, -0.25) is 4.79 Å². The van der Waals surface area contributed by atoms with Gasteiger partial charge in [-0.05, 0) is 48.7 Å². The SMILES string of the molecule is CCc1ccc(OCC(=O)Nc2cc(C)ccc2Cl)cc1. The number of amides is 1. The first-order chi connectivity index (χ1) is 10.1. The summed E-state index contributed by atoms with van der Waals surface area (Å²) >= 11 is 6.04. The first kappa shape index (κ1) is 15.4. The van der Waals surface area contributed by atoms with Gasteiger partial charge < -0.3 is 10.1 Å². The van der Waals surface area contributed by atoms with Crippen molar-refractivity contribution in [3.63, 3.8) is 0 Å². The predicted octanol–water partition coefficient (Wildman–Crippen LogP) is 4.23. The lowest BCUT2D eigenvalue weighted by molar-refractivity contribution is -0.118. The predicted molar refractivity (Wildman–Crippen MR) is 86.1 cm³/mol. The molecule has 2 rings (SSSR count). The van der Waals surface area contributed by atoms with E-state index >= 15 is 0 Å². The molecule has 0 saturated heterocycles. The largest absolute Gasteiger partial charge is 0.484 e. The summed E-state index contributed by atoms with van der Waals surface area (Å²) in [5.74, 6) is 0.444. The molecule has 0 atom stereocenters. The maximum Gasteiger partial charge on any atom is 0.262 e. The zero-order valence-corrected chi connectivity index (χ0v) is 12.9. The summed E-state index contributed by atoms with van der Waals surface area (Å²) in [5.41, 5.74) is 2.87. The van der Waals surface area contributed by atoms with Crippen LogP contribution in [0.15, 0.2) is 42.5 Å². The number of carbonyl (C=O) groups excluding carboxylic acids is 1. The average Bonchev–Trinajstić information content (AvgIpc) is 2.49. The van der Waals surface area contributed by atoms with E-state index in [1.54, 1.807) is 6.07 Å². The molecule has 21 heavy (non-hydrogen) atoms. The maximum absolute atomic E-state index is 11.9. The number of benzene rings is 2. The number of rotatable bonds is 5. The quantitative estimate of drug-likeness (QED) is 0.897. The second kappa shape index (κ2) is 7.14. The molecule has 1 amide bonds. The molecule has 0 heterocycles. The van der Waals surface area contributed by atoms with Crippen molar-refractivity contribution in [2.24, 2.45) is 0 Å². The van der Waals surface area contributed by atoms with Crippen LogP contribution >= 0.6 is 11.6 Å². The summed E-state index contributed by atoms with van der Waals surface area (Å²) in [5, 5.41) is 3.26. The second-order valence-electron chi connectivity index (χ2n) is 4.82. The number of ether oxygens (including phenoxy) is 1. The van der Waals surface area contributed by atoms with Gasteiger partial charge in [0.25, 0.3) is 5.91 Å². The van der Waals surface area contributed by atoms with E-state index in [2.05, 4.69) is 12.2 Å². The lowest BCUT2D eigenvalue weighted by Gasteiger charge is -2.09. The molecule has 2 aromatic carbocycles. The number of hydrogen-bond acceptors (Lipinski definition) is 2. The summed E-state index contributed by atoms with van der Waals surface area (Å²) in [6.07, 6.45) is 0.979. The monoisotopic (exact) mass is 303 g/mol. The molecular weight excluding hydrogens is 286 g/mol. The fourth-order valence-corrected chi connectivity index (χ4v) is 2.06. The molecule has 0 saturated carbocycles. The third kappa shape index (κ3) is 4.50. The first-order valence-electron chi connectivity index (χ1n) is 6.86. The lowest BCUT2D eigenvalue weighted by atomic mass is 10.2. The highest BCUT2D eigenvalue weighted by atomic mass is 35.5. The molecule has 0 fully saturated rings. The zero-order valence-electron chi connectivity index (χ0n) is 12.2. The van der Waals surface area contributed by atoms with E-state index in [1.165, 1.54) is 5.56 Å². The van der Waals surface area contributed by atoms with Gasteiger partial charge in [0.1, 0.15) is 5.75 Å². The molecule has 3 nitrogen and oxygen atoms in total. The van der Waals surface area contributed by atoms with Crippen molar-refractivity contribution < 1.29 is 9.53 Å². The molecule has 0 aromatic heterocycles. The Bertz CT molecular complexity index is 623. The Labute approximate surface area is 129 Å². The molecule has 0 spiro atoms. The highest BCUT2D eigenvalue weighted by Gasteiger charge is 2.07. The molecule has 0 radical (unpaired) electrons. The normalized spacial score (nSPS) is 10.2. The smallest absolute Gasteiger partial charge is 0.262 e. The molecule has 0 unspecified atom stereocenters. The van der Waals surface area contributed by atoms with Gasteiger partial charge in [0.15, 0.2) is 6.61 Å². The number of anilines is 1. The lowest BCUT2D eigenvalue weighted by Crippen LogP contribution is -2.20. The van der Waals surface area contributed by atoms with Crippen LogP contribution in [0.1, 0.15) is 18.1 Å². The van der Waals surface area contributed by atoms with Gasteiger partial charge >= 0.3 is 0 Å². The second-order valence-corrected chi connectivity index (χ2v) is 5.22. The van der Waals surface area contributed by atoms with E-state index in [0.717, 1.165) is 12.0 Å². The van der Waals surface area contributed by atoms with Crippen molar-refractivity contribution in [3.05, 3.63) is 58.6 Å². The van der Waals surface area contributed by atoms with Crippen molar-refractivity contribution in [3.8, 4) is 5.75 Å². The molecule has 4 heteroatoms. The number of nitrogens with one attached hydrogen (secondary N) is 1. The van der Waals surface area contributed by atoms with E-state index in [4.69, 9.17) is 16.3 Å². The van der Waals surface area contributed by atoms with Gasteiger partial charge in [0.2, 0.25) is 0 Å². The Kier molecular flexibility index (Phi) is 5.23. The van der Waals surface area contributed by atoms with Gasteiger partial charge in [0.05, 0.1) is 10.7 Å². The van der Waals surface area contributed by atoms with E-state index in [9.17, 15) is 4.79 Å². The van der Waals surface area contributed by atoms with Crippen molar-refractivity contribution in [2.45, 2.75) is 20.3 Å². The van der Waals surface area contributed by atoms with Crippen LogP contribution in [0.5, 0.6) is 5.75 Å². The Morgan fingerprint density at radius 1 is 1.19 bits per heavy atom. The van der Waals surface area contributed by atoms with Crippen LogP contribution in [0, 0.1) is 6.92 Å². The van der Waals surface area contributed by atoms with Crippen LogP contribution in [-0.2, 0) is 11.2 Å². The minimum Gasteiger partial charge on any atom is -0.484 e. The number of carbonyl (C=O) groups is 1. The van der Waals surface area contributed by atoms with Crippen LogP contribution in [-0.4, -0.2) is 12.5 Å². The summed E-state index contributed by atoms with van der Waals surface area (Å²) in [7, 11) is 0. The zero-order chi connectivity index (χ0) is 15.2. The van der Waals surface area contributed by atoms with Crippen molar-refractivity contribution in [2.75, 3.05) is 11.9 Å². The Morgan fingerprint density at radius 2 is 1.90 bits per heavy atom. The van der Waals surface area contributed by atoms with Gasteiger partial charge in [-0.25, -0.2) is 0 Å². The highest BCUT2D eigenvalue weighted by Crippen LogP contribution is 2.22. The molecular formula is C17H18ClNO2.